The lowest BCUT2D eigenvalue weighted by Gasteiger charge is -2.22. The molecule has 1 saturated carbocycles. The van der Waals surface area contributed by atoms with Gasteiger partial charge in [-0.25, -0.2) is 0 Å². The second-order valence-electron chi connectivity index (χ2n) is 4.67. The third kappa shape index (κ3) is 1.95. The molecule has 1 N–H and O–H groups in total. The number of hydrogen-bond acceptors (Lipinski definition) is 2. The van der Waals surface area contributed by atoms with Crippen molar-refractivity contribution in [2.45, 2.75) is 32.3 Å². The molecule has 1 heterocycles. The zero-order valence-electron chi connectivity index (χ0n) is 8.77. The van der Waals surface area contributed by atoms with Crippen molar-refractivity contribution in [1.29, 1.82) is 0 Å². The SMILES string of the molecule is CC1CC1C(C)(O)Cc1ccccn1. The highest BCUT2D eigenvalue weighted by Crippen LogP contribution is 2.46. The van der Waals surface area contributed by atoms with E-state index in [2.05, 4.69) is 11.9 Å². The summed E-state index contributed by atoms with van der Waals surface area (Å²) in [4.78, 5) is 4.24. The second kappa shape index (κ2) is 3.35. The van der Waals surface area contributed by atoms with Gasteiger partial charge in [-0.3, -0.25) is 4.98 Å². The molecular weight excluding hydrogens is 174 g/mol. The van der Waals surface area contributed by atoms with Crippen LogP contribution in [0.3, 0.4) is 0 Å². The van der Waals surface area contributed by atoms with Crippen LogP contribution in [-0.4, -0.2) is 15.7 Å². The summed E-state index contributed by atoms with van der Waals surface area (Å²) in [6.07, 6.45) is 3.60. The fourth-order valence-electron chi connectivity index (χ4n) is 2.19. The summed E-state index contributed by atoms with van der Waals surface area (Å²) in [5, 5.41) is 10.2. The predicted molar refractivity (Wildman–Crippen MR) is 55.8 cm³/mol. The standard InChI is InChI=1S/C12H17NO/c1-9-7-11(9)12(2,14)8-10-5-3-4-6-13-10/h3-6,9,11,14H,7-8H2,1-2H3. The minimum Gasteiger partial charge on any atom is -0.389 e. The predicted octanol–water partition coefficient (Wildman–Crippen LogP) is 2.03. The van der Waals surface area contributed by atoms with Crippen LogP contribution in [0.1, 0.15) is 26.0 Å². The Morgan fingerprint density at radius 2 is 2.29 bits per heavy atom. The van der Waals surface area contributed by atoms with E-state index in [4.69, 9.17) is 0 Å². The molecule has 1 aromatic rings. The Kier molecular flexibility index (Phi) is 2.31. The van der Waals surface area contributed by atoms with Crippen LogP contribution in [0.5, 0.6) is 0 Å². The van der Waals surface area contributed by atoms with Crippen molar-refractivity contribution in [3.63, 3.8) is 0 Å². The Balaban J connectivity index is 2.03. The first-order chi connectivity index (χ1) is 6.59. The number of aliphatic hydroxyl groups is 1. The number of rotatable bonds is 3. The van der Waals surface area contributed by atoms with Crippen LogP contribution in [0.4, 0.5) is 0 Å². The zero-order valence-corrected chi connectivity index (χ0v) is 8.77. The smallest absolute Gasteiger partial charge is 0.0705 e. The summed E-state index contributed by atoms with van der Waals surface area (Å²) < 4.78 is 0. The average molecular weight is 191 g/mol. The number of hydrogen-bond donors (Lipinski definition) is 1. The summed E-state index contributed by atoms with van der Waals surface area (Å²) in [6, 6.07) is 5.84. The average Bonchev–Trinajstić information content (AvgIpc) is 2.84. The molecule has 76 valence electrons. The van der Waals surface area contributed by atoms with Gasteiger partial charge < -0.3 is 5.11 Å². The van der Waals surface area contributed by atoms with Crippen LogP contribution in [0.15, 0.2) is 24.4 Å². The van der Waals surface area contributed by atoms with Crippen molar-refractivity contribution in [3.8, 4) is 0 Å². The third-order valence-corrected chi connectivity index (χ3v) is 3.17. The first-order valence-electron chi connectivity index (χ1n) is 5.22. The molecule has 3 atom stereocenters. The van der Waals surface area contributed by atoms with Crippen molar-refractivity contribution < 1.29 is 5.11 Å². The molecule has 14 heavy (non-hydrogen) atoms. The van der Waals surface area contributed by atoms with E-state index in [0.29, 0.717) is 18.3 Å². The maximum absolute atomic E-state index is 10.2. The first kappa shape index (κ1) is 9.66. The van der Waals surface area contributed by atoms with E-state index in [0.717, 1.165) is 12.1 Å². The van der Waals surface area contributed by atoms with E-state index in [1.165, 1.54) is 0 Å². The highest BCUT2D eigenvalue weighted by molar-refractivity contribution is 5.09. The van der Waals surface area contributed by atoms with E-state index in [1.807, 2.05) is 25.1 Å². The van der Waals surface area contributed by atoms with Gasteiger partial charge in [0, 0.05) is 18.3 Å². The van der Waals surface area contributed by atoms with Crippen LogP contribution in [0.25, 0.3) is 0 Å². The maximum Gasteiger partial charge on any atom is 0.0705 e. The topological polar surface area (TPSA) is 33.1 Å². The van der Waals surface area contributed by atoms with Gasteiger partial charge in [0.1, 0.15) is 0 Å². The normalized spacial score (nSPS) is 29.6. The van der Waals surface area contributed by atoms with Gasteiger partial charge in [-0.1, -0.05) is 13.0 Å². The Hall–Kier alpha value is -0.890. The molecule has 0 aliphatic heterocycles. The van der Waals surface area contributed by atoms with Gasteiger partial charge in [0.25, 0.3) is 0 Å². The molecule has 0 amide bonds. The minimum absolute atomic E-state index is 0.463. The summed E-state index contributed by atoms with van der Waals surface area (Å²) in [7, 11) is 0. The van der Waals surface area contributed by atoms with E-state index in [9.17, 15) is 5.11 Å². The molecule has 0 radical (unpaired) electrons. The monoisotopic (exact) mass is 191 g/mol. The van der Waals surface area contributed by atoms with Gasteiger partial charge in [-0.2, -0.15) is 0 Å². The fraction of sp³-hybridized carbons (Fsp3) is 0.583. The highest BCUT2D eigenvalue weighted by Gasteiger charge is 2.46. The Bertz CT molecular complexity index is 307. The molecule has 1 fully saturated rings. The van der Waals surface area contributed by atoms with Gasteiger partial charge in [-0.15, -0.1) is 0 Å². The van der Waals surface area contributed by atoms with Crippen molar-refractivity contribution in [1.82, 2.24) is 4.98 Å². The molecule has 3 unspecified atom stereocenters. The largest absolute Gasteiger partial charge is 0.389 e. The second-order valence-corrected chi connectivity index (χ2v) is 4.67. The quantitative estimate of drug-likeness (QED) is 0.793. The molecule has 0 spiro atoms. The molecule has 0 saturated heterocycles. The van der Waals surface area contributed by atoms with Crippen molar-refractivity contribution in [2.24, 2.45) is 11.8 Å². The van der Waals surface area contributed by atoms with Gasteiger partial charge in [-0.05, 0) is 37.3 Å². The molecule has 1 aromatic heterocycles. The number of nitrogens with zero attached hydrogens (tertiary/aromatic N) is 1. The number of aromatic nitrogens is 1. The third-order valence-electron chi connectivity index (χ3n) is 3.17. The van der Waals surface area contributed by atoms with E-state index in [1.54, 1.807) is 6.20 Å². The summed E-state index contributed by atoms with van der Waals surface area (Å²) in [5.74, 6) is 1.14. The molecule has 1 aliphatic rings. The van der Waals surface area contributed by atoms with Crippen molar-refractivity contribution in [3.05, 3.63) is 30.1 Å². The molecule has 1 aliphatic carbocycles. The van der Waals surface area contributed by atoms with Crippen molar-refractivity contribution >= 4 is 0 Å². The molecule has 2 heteroatoms. The van der Waals surface area contributed by atoms with E-state index < -0.39 is 5.60 Å². The Labute approximate surface area is 85.0 Å². The van der Waals surface area contributed by atoms with Gasteiger partial charge >= 0.3 is 0 Å². The Morgan fingerprint density at radius 3 is 2.79 bits per heavy atom. The summed E-state index contributed by atoms with van der Waals surface area (Å²) in [5.41, 5.74) is 0.407. The van der Waals surface area contributed by atoms with E-state index >= 15 is 0 Å². The molecule has 2 rings (SSSR count). The van der Waals surface area contributed by atoms with Gasteiger partial charge in [0.15, 0.2) is 0 Å². The lowest BCUT2D eigenvalue weighted by atomic mass is 9.93. The van der Waals surface area contributed by atoms with Crippen LogP contribution < -0.4 is 0 Å². The van der Waals surface area contributed by atoms with Crippen molar-refractivity contribution in [2.75, 3.05) is 0 Å². The lowest BCUT2D eigenvalue weighted by Crippen LogP contribution is -2.31. The Morgan fingerprint density at radius 1 is 1.57 bits per heavy atom. The highest BCUT2D eigenvalue weighted by atomic mass is 16.3. The first-order valence-corrected chi connectivity index (χ1v) is 5.22. The molecular formula is C12H17NO. The zero-order chi connectivity index (χ0) is 10.2. The minimum atomic E-state index is -0.576. The summed E-state index contributed by atoms with van der Waals surface area (Å²) >= 11 is 0. The molecule has 0 aromatic carbocycles. The van der Waals surface area contributed by atoms with Gasteiger partial charge in [0.2, 0.25) is 0 Å². The molecule has 0 bridgehead atoms. The lowest BCUT2D eigenvalue weighted by molar-refractivity contribution is 0.0316. The van der Waals surface area contributed by atoms with Crippen LogP contribution in [-0.2, 0) is 6.42 Å². The van der Waals surface area contributed by atoms with Crippen LogP contribution >= 0.6 is 0 Å². The number of pyridine rings is 1. The van der Waals surface area contributed by atoms with Crippen LogP contribution in [0.2, 0.25) is 0 Å². The fourth-order valence-corrected chi connectivity index (χ4v) is 2.19. The van der Waals surface area contributed by atoms with E-state index in [-0.39, 0.29) is 0 Å². The summed E-state index contributed by atoms with van der Waals surface area (Å²) in [6.45, 7) is 4.12. The van der Waals surface area contributed by atoms with Gasteiger partial charge in [0.05, 0.1) is 5.60 Å². The van der Waals surface area contributed by atoms with Crippen LogP contribution in [0, 0.1) is 11.8 Å². The maximum atomic E-state index is 10.2. The molecule has 2 nitrogen and oxygen atoms in total.